The third kappa shape index (κ3) is 5.58. The zero-order chi connectivity index (χ0) is 22.8. The molecule has 1 heterocycles. The molecule has 0 spiro atoms. The van der Waals surface area contributed by atoms with Crippen LogP contribution in [-0.2, 0) is 21.8 Å². The molecule has 1 saturated heterocycles. The zero-order valence-electron chi connectivity index (χ0n) is 16.7. The summed E-state index contributed by atoms with van der Waals surface area (Å²) in [6, 6.07) is 10.7. The summed E-state index contributed by atoms with van der Waals surface area (Å²) in [5.74, 6) is -0.295. The summed E-state index contributed by atoms with van der Waals surface area (Å²) in [7, 11) is 0. The highest BCUT2D eigenvalue weighted by Crippen LogP contribution is 2.41. The van der Waals surface area contributed by atoms with Crippen LogP contribution < -0.4 is 5.73 Å². The van der Waals surface area contributed by atoms with Crippen LogP contribution in [0.15, 0.2) is 48.5 Å². The van der Waals surface area contributed by atoms with Crippen molar-refractivity contribution in [3.8, 4) is 0 Å². The fraction of sp³-hybridized carbons (Fsp3) is 0.455. The van der Waals surface area contributed by atoms with Crippen LogP contribution in [0.25, 0.3) is 0 Å². The SMILES string of the molecule is CC(O[C@H]1OCC[C@@H](CN)[C@@H]1c1ccccc1)c1cc(C(F)(F)F)cc(C(F)(F)F)c1. The summed E-state index contributed by atoms with van der Waals surface area (Å²) in [4.78, 5) is 0. The quantitative estimate of drug-likeness (QED) is 0.580. The Morgan fingerprint density at radius 3 is 2.10 bits per heavy atom. The molecule has 4 atom stereocenters. The summed E-state index contributed by atoms with van der Waals surface area (Å²) in [6.45, 7) is 2.09. The molecule has 1 unspecified atom stereocenters. The molecule has 0 bridgehead atoms. The van der Waals surface area contributed by atoms with Crippen molar-refractivity contribution >= 4 is 0 Å². The number of hydrogen-bond donors (Lipinski definition) is 1. The normalized spacial score (nSPS) is 23.5. The van der Waals surface area contributed by atoms with E-state index in [0.29, 0.717) is 31.7 Å². The monoisotopic (exact) mass is 447 g/mol. The molecule has 0 amide bonds. The molecule has 9 heteroatoms. The van der Waals surface area contributed by atoms with Crippen LogP contribution in [0.4, 0.5) is 26.3 Å². The van der Waals surface area contributed by atoms with Gasteiger partial charge in [0, 0.05) is 5.92 Å². The van der Waals surface area contributed by atoms with Crippen molar-refractivity contribution in [1.29, 1.82) is 0 Å². The molecule has 3 nitrogen and oxygen atoms in total. The van der Waals surface area contributed by atoms with Crippen molar-refractivity contribution in [2.45, 2.75) is 44.0 Å². The third-order valence-corrected chi connectivity index (χ3v) is 5.48. The van der Waals surface area contributed by atoms with Gasteiger partial charge in [-0.1, -0.05) is 30.3 Å². The predicted molar refractivity (Wildman–Crippen MR) is 102 cm³/mol. The summed E-state index contributed by atoms with van der Waals surface area (Å²) in [6.07, 6.45) is -11.1. The molecule has 1 aliphatic rings. The van der Waals surface area contributed by atoms with Gasteiger partial charge in [-0.15, -0.1) is 0 Å². The maximum Gasteiger partial charge on any atom is 0.416 e. The molecule has 1 aliphatic heterocycles. The average Bonchev–Trinajstić information content (AvgIpc) is 2.72. The Morgan fingerprint density at radius 1 is 1.00 bits per heavy atom. The molecular formula is C22H23F6NO2. The van der Waals surface area contributed by atoms with Crippen molar-refractivity contribution in [1.82, 2.24) is 0 Å². The van der Waals surface area contributed by atoms with Gasteiger partial charge in [0.25, 0.3) is 0 Å². The Balaban J connectivity index is 1.92. The van der Waals surface area contributed by atoms with Crippen molar-refractivity contribution in [3.63, 3.8) is 0 Å². The van der Waals surface area contributed by atoms with E-state index in [2.05, 4.69) is 0 Å². The number of hydrogen-bond acceptors (Lipinski definition) is 3. The summed E-state index contributed by atoms with van der Waals surface area (Å²) in [5.41, 5.74) is 3.81. The van der Waals surface area contributed by atoms with Crippen LogP contribution in [0.2, 0.25) is 0 Å². The van der Waals surface area contributed by atoms with Gasteiger partial charge in [-0.3, -0.25) is 0 Å². The molecule has 31 heavy (non-hydrogen) atoms. The topological polar surface area (TPSA) is 44.5 Å². The number of rotatable bonds is 5. The zero-order valence-corrected chi connectivity index (χ0v) is 16.7. The number of benzene rings is 2. The minimum absolute atomic E-state index is 0.000551. The molecule has 0 saturated carbocycles. The lowest BCUT2D eigenvalue weighted by atomic mass is 9.82. The Bertz CT molecular complexity index is 836. The minimum Gasteiger partial charge on any atom is -0.352 e. The highest BCUT2D eigenvalue weighted by Gasteiger charge is 2.39. The molecule has 170 valence electrons. The average molecular weight is 447 g/mol. The van der Waals surface area contributed by atoms with Crippen LogP contribution >= 0.6 is 0 Å². The van der Waals surface area contributed by atoms with E-state index in [1.165, 1.54) is 6.92 Å². The largest absolute Gasteiger partial charge is 0.416 e. The molecule has 2 N–H and O–H groups in total. The molecule has 0 radical (unpaired) electrons. The number of ether oxygens (including phenoxy) is 2. The van der Waals surface area contributed by atoms with Crippen LogP contribution in [0.5, 0.6) is 0 Å². The fourth-order valence-corrected chi connectivity index (χ4v) is 3.83. The van der Waals surface area contributed by atoms with E-state index in [4.69, 9.17) is 15.2 Å². The first-order valence-corrected chi connectivity index (χ1v) is 9.82. The lowest BCUT2D eigenvalue weighted by Crippen LogP contribution is -2.40. The lowest BCUT2D eigenvalue weighted by molar-refractivity contribution is -0.208. The standard InChI is InChI=1S/C22H23F6NO2/c1-13(16-9-17(21(23,24)25)11-18(10-16)22(26,27)28)31-20-19(14-5-3-2-4-6-14)15(12-29)7-8-30-20/h2-6,9-11,13,15,19-20H,7-8,12,29H2,1H3/t13?,15-,19-,20+/m0/s1. The molecule has 0 aromatic heterocycles. The molecule has 2 aromatic carbocycles. The molecule has 0 aliphatic carbocycles. The predicted octanol–water partition coefficient (Wildman–Crippen LogP) is 5.91. The maximum absolute atomic E-state index is 13.2. The Morgan fingerprint density at radius 2 is 1.58 bits per heavy atom. The van der Waals surface area contributed by atoms with Gasteiger partial charge >= 0.3 is 12.4 Å². The smallest absolute Gasteiger partial charge is 0.352 e. The van der Waals surface area contributed by atoms with E-state index in [9.17, 15) is 26.3 Å². The lowest BCUT2D eigenvalue weighted by Gasteiger charge is -2.39. The van der Waals surface area contributed by atoms with Crippen molar-refractivity contribution in [2.24, 2.45) is 11.7 Å². The Kier molecular flexibility index (Phi) is 6.98. The van der Waals surface area contributed by atoms with Crippen LogP contribution in [0.1, 0.15) is 47.6 Å². The number of halogens is 6. The molecule has 3 rings (SSSR count). The van der Waals surface area contributed by atoms with Gasteiger partial charge in [-0.05, 0) is 55.1 Å². The minimum atomic E-state index is -4.92. The fourth-order valence-electron chi connectivity index (χ4n) is 3.83. The van der Waals surface area contributed by atoms with Crippen molar-refractivity contribution < 1.29 is 35.8 Å². The van der Waals surface area contributed by atoms with Crippen LogP contribution in [0, 0.1) is 5.92 Å². The first-order valence-electron chi connectivity index (χ1n) is 9.82. The second-order valence-corrected chi connectivity index (χ2v) is 7.58. The highest BCUT2D eigenvalue weighted by molar-refractivity contribution is 5.34. The van der Waals surface area contributed by atoms with E-state index in [-0.39, 0.29) is 23.5 Å². The molecule has 1 fully saturated rings. The number of nitrogens with two attached hydrogens (primary N) is 1. The number of alkyl halides is 6. The van der Waals surface area contributed by atoms with Crippen LogP contribution in [-0.4, -0.2) is 19.4 Å². The van der Waals surface area contributed by atoms with Gasteiger partial charge in [0.15, 0.2) is 6.29 Å². The van der Waals surface area contributed by atoms with Gasteiger partial charge in [0.05, 0.1) is 23.8 Å². The van der Waals surface area contributed by atoms with E-state index >= 15 is 0 Å². The first kappa shape index (κ1) is 23.6. The second-order valence-electron chi connectivity index (χ2n) is 7.58. The van der Waals surface area contributed by atoms with Crippen molar-refractivity contribution in [2.75, 3.05) is 13.2 Å². The van der Waals surface area contributed by atoms with E-state index in [1.807, 2.05) is 30.3 Å². The molecule has 2 aromatic rings. The summed E-state index contributed by atoms with van der Waals surface area (Å²) < 4.78 is 90.8. The van der Waals surface area contributed by atoms with E-state index < -0.39 is 35.9 Å². The molecular weight excluding hydrogens is 424 g/mol. The van der Waals surface area contributed by atoms with Gasteiger partial charge < -0.3 is 15.2 Å². The van der Waals surface area contributed by atoms with E-state index in [0.717, 1.165) is 5.56 Å². The highest BCUT2D eigenvalue weighted by atomic mass is 19.4. The second kappa shape index (κ2) is 9.18. The third-order valence-electron chi connectivity index (χ3n) is 5.48. The first-order chi connectivity index (χ1) is 14.5. The van der Waals surface area contributed by atoms with Gasteiger partial charge in [-0.25, -0.2) is 0 Å². The van der Waals surface area contributed by atoms with Gasteiger partial charge in [0.1, 0.15) is 0 Å². The Hall–Kier alpha value is -2.10. The maximum atomic E-state index is 13.2. The van der Waals surface area contributed by atoms with Gasteiger partial charge in [-0.2, -0.15) is 26.3 Å². The van der Waals surface area contributed by atoms with Crippen LogP contribution in [0.3, 0.4) is 0 Å². The van der Waals surface area contributed by atoms with Crippen molar-refractivity contribution in [3.05, 3.63) is 70.8 Å². The van der Waals surface area contributed by atoms with Gasteiger partial charge in [0.2, 0.25) is 0 Å². The summed E-state index contributed by atoms with van der Waals surface area (Å²) >= 11 is 0. The van der Waals surface area contributed by atoms with E-state index in [1.54, 1.807) is 0 Å². The Labute approximate surface area is 176 Å². The summed E-state index contributed by atoms with van der Waals surface area (Å²) in [5, 5.41) is 0.